The summed E-state index contributed by atoms with van der Waals surface area (Å²) in [5.74, 6) is -0.524. The molecule has 0 fully saturated rings. The molecule has 0 radical (unpaired) electrons. The molecule has 0 saturated heterocycles. The minimum Gasteiger partial charge on any atom is -0.463 e. The summed E-state index contributed by atoms with van der Waals surface area (Å²) in [6.07, 6.45) is 0. The summed E-state index contributed by atoms with van der Waals surface area (Å²) in [7, 11) is 1.60. The lowest BCUT2D eigenvalue weighted by Gasteiger charge is -2.35. The van der Waals surface area contributed by atoms with Crippen LogP contribution in [0.1, 0.15) is 24.1 Å². The number of ether oxygens (including phenoxy) is 1. The van der Waals surface area contributed by atoms with E-state index in [1.54, 1.807) is 32.2 Å². The second kappa shape index (κ2) is 8.03. The summed E-state index contributed by atoms with van der Waals surface area (Å²) < 4.78 is 5.29. The van der Waals surface area contributed by atoms with E-state index in [0.717, 1.165) is 5.56 Å². The highest BCUT2D eigenvalue weighted by atomic mass is 35.5. The minimum absolute atomic E-state index is 0.206. The molecule has 1 aliphatic rings. The molecule has 0 aliphatic carbocycles. The van der Waals surface area contributed by atoms with E-state index in [2.05, 4.69) is 5.32 Å². The molecule has 5 nitrogen and oxygen atoms in total. The number of benzene rings is 2. The zero-order chi connectivity index (χ0) is 19.6. The molecule has 1 aliphatic heterocycles. The Bertz CT molecular complexity index is 913. The van der Waals surface area contributed by atoms with Gasteiger partial charge in [0.05, 0.1) is 34.0 Å². The number of nitrogens with one attached hydrogen (secondary N) is 1. The van der Waals surface area contributed by atoms with Crippen LogP contribution in [-0.4, -0.2) is 30.6 Å². The smallest absolute Gasteiger partial charge is 0.338 e. The van der Waals surface area contributed by atoms with Crippen molar-refractivity contribution in [2.75, 3.05) is 13.7 Å². The summed E-state index contributed by atoms with van der Waals surface area (Å²) in [6.45, 7) is 1.94. The second-order valence-corrected chi connectivity index (χ2v) is 6.72. The zero-order valence-corrected chi connectivity index (χ0v) is 16.3. The summed E-state index contributed by atoms with van der Waals surface area (Å²) in [4.78, 5) is 26.9. The maximum absolute atomic E-state index is 12.9. The lowest BCUT2D eigenvalue weighted by atomic mass is 9.92. The van der Waals surface area contributed by atoms with E-state index < -0.39 is 12.0 Å². The van der Waals surface area contributed by atoms with E-state index in [1.807, 2.05) is 30.3 Å². The Morgan fingerprint density at radius 2 is 1.85 bits per heavy atom. The van der Waals surface area contributed by atoms with Gasteiger partial charge in [0.25, 0.3) is 0 Å². The van der Waals surface area contributed by atoms with Crippen molar-refractivity contribution in [1.29, 1.82) is 0 Å². The van der Waals surface area contributed by atoms with Gasteiger partial charge in [0, 0.05) is 7.05 Å². The number of halogens is 2. The average molecular weight is 405 g/mol. The zero-order valence-electron chi connectivity index (χ0n) is 14.8. The third kappa shape index (κ3) is 3.66. The molecule has 0 saturated carbocycles. The summed E-state index contributed by atoms with van der Waals surface area (Å²) in [5, 5.41) is 3.45. The summed E-state index contributed by atoms with van der Waals surface area (Å²) in [6, 6.07) is 13.2. The van der Waals surface area contributed by atoms with Crippen molar-refractivity contribution in [3.8, 4) is 0 Å². The second-order valence-electron chi connectivity index (χ2n) is 5.93. The van der Waals surface area contributed by atoms with Crippen LogP contribution in [0.2, 0.25) is 10.0 Å². The van der Waals surface area contributed by atoms with Crippen molar-refractivity contribution in [3.05, 3.63) is 75.3 Å². The van der Waals surface area contributed by atoms with Gasteiger partial charge >= 0.3 is 12.0 Å². The van der Waals surface area contributed by atoms with Crippen LogP contribution in [0.3, 0.4) is 0 Å². The number of hydrogen-bond acceptors (Lipinski definition) is 3. The molecule has 0 unspecified atom stereocenters. The minimum atomic E-state index is -0.783. The molecule has 27 heavy (non-hydrogen) atoms. The third-order valence-corrected chi connectivity index (χ3v) is 5.12. The van der Waals surface area contributed by atoms with Crippen molar-refractivity contribution >= 4 is 40.9 Å². The molecule has 2 amide bonds. The first-order valence-electron chi connectivity index (χ1n) is 8.40. The number of carbonyl (C=O) groups excluding carboxylic acids is 2. The van der Waals surface area contributed by atoms with Gasteiger partial charge in [0.2, 0.25) is 0 Å². The molecule has 1 atom stereocenters. The van der Waals surface area contributed by atoms with Gasteiger partial charge in [-0.1, -0.05) is 65.7 Å². The van der Waals surface area contributed by atoms with Crippen molar-refractivity contribution in [2.24, 2.45) is 0 Å². The maximum atomic E-state index is 12.9. The summed E-state index contributed by atoms with van der Waals surface area (Å²) in [5.41, 5.74) is 2.02. The number of carbonyl (C=O) groups is 2. The lowest BCUT2D eigenvalue weighted by molar-refractivity contribution is -0.138. The van der Waals surface area contributed by atoms with E-state index in [0.29, 0.717) is 21.9 Å². The first kappa shape index (κ1) is 19.3. The molecule has 140 valence electrons. The Balaban J connectivity index is 2.28. The normalized spacial score (nSPS) is 17.0. The Labute approximate surface area is 167 Å². The monoisotopic (exact) mass is 404 g/mol. The van der Waals surface area contributed by atoms with Gasteiger partial charge < -0.3 is 10.1 Å². The van der Waals surface area contributed by atoms with Gasteiger partial charge in [-0.25, -0.2) is 9.59 Å². The Morgan fingerprint density at radius 1 is 1.15 bits per heavy atom. The van der Waals surface area contributed by atoms with Crippen LogP contribution in [0.5, 0.6) is 0 Å². The predicted octanol–water partition coefficient (Wildman–Crippen LogP) is 4.66. The Hall–Kier alpha value is -2.50. The van der Waals surface area contributed by atoms with Crippen molar-refractivity contribution in [3.63, 3.8) is 0 Å². The number of urea groups is 1. The van der Waals surface area contributed by atoms with Crippen LogP contribution in [0.15, 0.2) is 54.1 Å². The summed E-state index contributed by atoms with van der Waals surface area (Å²) >= 11 is 12.5. The Morgan fingerprint density at radius 3 is 2.52 bits per heavy atom. The topological polar surface area (TPSA) is 58.6 Å². The van der Waals surface area contributed by atoms with Gasteiger partial charge in [-0.2, -0.15) is 0 Å². The van der Waals surface area contributed by atoms with Gasteiger partial charge in [-0.3, -0.25) is 4.90 Å². The van der Waals surface area contributed by atoms with E-state index in [1.165, 1.54) is 4.90 Å². The molecule has 1 heterocycles. The quantitative estimate of drug-likeness (QED) is 0.753. The van der Waals surface area contributed by atoms with Crippen LogP contribution in [0.4, 0.5) is 4.79 Å². The molecule has 0 aromatic heterocycles. The molecule has 2 aromatic rings. The van der Waals surface area contributed by atoms with Crippen LogP contribution in [0, 0.1) is 0 Å². The molecule has 3 rings (SSSR count). The highest BCUT2D eigenvalue weighted by Gasteiger charge is 2.38. The van der Waals surface area contributed by atoms with Gasteiger partial charge in [-0.15, -0.1) is 0 Å². The number of hydrogen-bond donors (Lipinski definition) is 1. The number of amides is 2. The lowest BCUT2D eigenvalue weighted by Crippen LogP contribution is -2.46. The van der Waals surface area contributed by atoms with Crippen LogP contribution in [-0.2, 0) is 9.53 Å². The van der Waals surface area contributed by atoms with Gasteiger partial charge in [0.15, 0.2) is 0 Å². The van der Waals surface area contributed by atoms with Crippen LogP contribution >= 0.6 is 23.2 Å². The number of nitrogens with zero attached hydrogens (tertiary/aromatic N) is 1. The average Bonchev–Trinajstić information content (AvgIpc) is 2.66. The van der Waals surface area contributed by atoms with Crippen LogP contribution < -0.4 is 5.32 Å². The number of esters is 1. The highest BCUT2D eigenvalue weighted by molar-refractivity contribution is 6.42. The predicted molar refractivity (Wildman–Crippen MR) is 105 cm³/mol. The van der Waals surface area contributed by atoms with Crippen molar-refractivity contribution < 1.29 is 14.3 Å². The molecule has 2 aromatic carbocycles. The van der Waals surface area contributed by atoms with Gasteiger partial charge in [0.1, 0.15) is 0 Å². The third-order valence-electron chi connectivity index (χ3n) is 4.29. The van der Waals surface area contributed by atoms with E-state index >= 15 is 0 Å². The van der Waals surface area contributed by atoms with Crippen LogP contribution in [0.25, 0.3) is 5.70 Å². The van der Waals surface area contributed by atoms with E-state index in [-0.39, 0.29) is 17.7 Å². The fraction of sp³-hybridized carbons (Fsp3) is 0.200. The standard InChI is InChI=1S/C20H18Cl2N2O3/c1-3-27-19(25)15-17(13-10-7-11-14(21)16(13)22)23-20(26)24(2)18(15)12-8-5-4-6-9-12/h4-11,17H,3H2,1-2H3,(H,23,26)/t17-/m0/s1. The fourth-order valence-electron chi connectivity index (χ4n) is 3.06. The van der Waals surface area contributed by atoms with Crippen molar-refractivity contribution in [1.82, 2.24) is 10.2 Å². The number of rotatable bonds is 4. The Kier molecular flexibility index (Phi) is 5.73. The molecule has 1 N–H and O–H groups in total. The van der Waals surface area contributed by atoms with Gasteiger partial charge in [-0.05, 0) is 24.1 Å². The highest BCUT2D eigenvalue weighted by Crippen LogP contribution is 2.39. The fourth-order valence-corrected chi connectivity index (χ4v) is 3.47. The maximum Gasteiger partial charge on any atom is 0.338 e. The molecular weight excluding hydrogens is 387 g/mol. The van der Waals surface area contributed by atoms with E-state index in [4.69, 9.17) is 27.9 Å². The first-order valence-corrected chi connectivity index (χ1v) is 9.16. The molecule has 0 spiro atoms. The molecule has 7 heteroatoms. The largest absolute Gasteiger partial charge is 0.463 e. The first-order chi connectivity index (χ1) is 13.0. The van der Waals surface area contributed by atoms with Crippen molar-refractivity contribution in [2.45, 2.75) is 13.0 Å². The SMILES string of the molecule is CCOC(=O)C1=C(c2ccccc2)N(C)C(=O)N[C@H]1c1cccc(Cl)c1Cl. The molecule has 0 bridgehead atoms. The van der Waals surface area contributed by atoms with E-state index in [9.17, 15) is 9.59 Å². The molecular formula is C20H18Cl2N2O3.